The highest BCUT2D eigenvalue weighted by Crippen LogP contribution is 2.26. The molecule has 1 N–H and O–H groups in total. The maximum absolute atomic E-state index is 12.6. The molecule has 4 nitrogen and oxygen atoms in total. The van der Waals surface area contributed by atoms with Crippen LogP contribution < -0.4 is 5.32 Å². The summed E-state index contributed by atoms with van der Waals surface area (Å²) in [6.45, 7) is 0.583. The molecule has 20 heavy (non-hydrogen) atoms. The molecule has 1 aromatic carbocycles. The van der Waals surface area contributed by atoms with Crippen molar-refractivity contribution in [1.82, 2.24) is 10.2 Å². The third-order valence-electron chi connectivity index (χ3n) is 3.47. The van der Waals surface area contributed by atoms with E-state index in [4.69, 9.17) is 11.6 Å². The zero-order chi connectivity index (χ0) is 14.7. The molecule has 6 heteroatoms. The molecule has 0 bridgehead atoms. The van der Waals surface area contributed by atoms with Crippen LogP contribution >= 0.6 is 27.5 Å². The Morgan fingerprint density at radius 3 is 2.85 bits per heavy atom. The average molecular weight is 360 g/mol. The lowest BCUT2D eigenvalue weighted by Gasteiger charge is -2.34. The number of hydrogen-bond donors (Lipinski definition) is 1. The van der Waals surface area contributed by atoms with Crippen molar-refractivity contribution in [3.8, 4) is 0 Å². The molecule has 2 rings (SSSR count). The van der Waals surface area contributed by atoms with Gasteiger partial charge < -0.3 is 10.2 Å². The van der Waals surface area contributed by atoms with Crippen molar-refractivity contribution in [2.75, 3.05) is 13.6 Å². The average Bonchev–Trinajstić information content (AvgIpc) is 2.48. The number of rotatable bonds is 2. The second-order valence-corrected chi connectivity index (χ2v) is 6.07. The summed E-state index contributed by atoms with van der Waals surface area (Å²) in [5.41, 5.74) is 0.428. The second kappa shape index (κ2) is 6.59. The fraction of sp³-hybridized carbons (Fsp3) is 0.429. The molecule has 1 fully saturated rings. The Hall–Kier alpha value is -1.07. The van der Waals surface area contributed by atoms with E-state index in [9.17, 15) is 9.59 Å². The molecule has 1 aliphatic heterocycles. The number of nitrogens with zero attached hydrogens (tertiary/aromatic N) is 1. The van der Waals surface area contributed by atoms with E-state index in [-0.39, 0.29) is 11.8 Å². The minimum Gasteiger partial charge on any atom is -0.357 e. The van der Waals surface area contributed by atoms with Crippen LogP contribution in [0.25, 0.3) is 0 Å². The third kappa shape index (κ3) is 3.15. The van der Waals surface area contributed by atoms with Gasteiger partial charge in [-0.25, -0.2) is 0 Å². The summed E-state index contributed by atoms with van der Waals surface area (Å²) < 4.78 is 0.791. The van der Waals surface area contributed by atoms with Gasteiger partial charge in [0, 0.05) is 18.1 Å². The quantitative estimate of drug-likeness (QED) is 0.883. The van der Waals surface area contributed by atoms with Gasteiger partial charge in [0.2, 0.25) is 5.91 Å². The number of piperidine rings is 1. The van der Waals surface area contributed by atoms with Gasteiger partial charge in [0.25, 0.3) is 5.91 Å². The molecule has 0 spiro atoms. The van der Waals surface area contributed by atoms with E-state index in [1.165, 1.54) is 0 Å². The van der Waals surface area contributed by atoms with Gasteiger partial charge in [0.05, 0.1) is 10.6 Å². The van der Waals surface area contributed by atoms with Crippen LogP contribution in [0, 0.1) is 0 Å². The van der Waals surface area contributed by atoms with Crippen molar-refractivity contribution in [2.45, 2.75) is 25.3 Å². The first kappa shape index (κ1) is 15.3. The SMILES string of the molecule is CNC(=O)C1CCCCN1C(=O)c1cc(Br)ccc1Cl. The lowest BCUT2D eigenvalue weighted by atomic mass is 10.00. The molecular formula is C14H16BrClN2O2. The predicted octanol–water partition coefficient (Wildman–Crippen LogP) is 2.84. The Kier molecular flexibility index (Phi) is 5.05. The number of carbonyl (C=O) groups excluding carboxylic acids is 2. The summed E-state index contributed by atoms with van der Waals surface area (Å²) in [7, 11) is 1.59. The molecule has 1 heterocycles. The number of carbonyl (C=O) groups is 2. The van der Waals surface area contributed by atoms with Gasteiger partial charge in [0.1, 0.15) is 6.04 Å². The number of likely N-dealkylation sites (N-methyl/N-ethyl adjacent to an activating group) is 1. The first-order valence-corrected chi connectivity index (χ1v) is 7.69. The highest BCUT2D eigenvalue weighted by Gasteiger charge is 2.32. The molecule has 108 valence electrons. The Bertz CT molecular complexity index is 536. The van der Waals surface area contributed by atoms with Crippen molar-refractivity contribution in [1.29, 1.82) is 0 Å². The fourth-order valence-corrected chi connectivity index (χ4v) is 2.99. The van der Waals surface area contributed by atoms with Gasteiger partial charge in [-0.1, -0.05) is 27.5 Å². The summed E-state index contributed by atoms with van der Waals surface area (Å²) in [5.74, 6) is -0.311. The van der Waals surface area contributed by atoms with E-state index in [1.807, 2.05) is 0 Å². The van der Waals surface area contributed by atoms with Crippen LogP contribution in [-0.4, -0.2) is 36.3 Å². The number of hydrogen-bond acceptors (Lipinski definition) is 2. The zero-order valence-corrected chi connectivity index (χ0v) is 13.5. The fourth-order valence-electron chi connectivity index (χ4n) is 2.43. The van der Waals surface area contributed by atoms with Gasteiger partial charge >= 0.3 is 0 Å². The summed E-state index contributed by atoms with van der Waals surface area (Å²) in [4.78, 5) is 26.2. The number of amides is 2. The molecular weight excluding hydrogens is 344 g/mol. The normalized spacial score (nSPS) is 18.8. The van der Waals surface area contributed by atoms with Gasteiger partial charge in [-0.15, -0.1) is 0 Å². The zero-order valence-electron chi connectivity index (χ0n) is 11.2. The van der Waals surface area contributed by atoms with Crippen molar-refractivity contribution in [2.24, 2.45) is 0 Å². The Balaban J connectivity index is 2.30. The van der Waals surface area contributed by atoms with Gasteiger partial charge in [-0.2, -0.15) is 0 Å². The van der Waals surface area contributed by atoms with Crippen LogP contribution in [0.15, 0.2) is 22.7 Å². The standard InChI is InChI=1S/C14H16BrClN2O2/c1-17-13(19)12-4-2-3-7-18(12)14(20)10-8-9(15)5-6-11(10)16/h5-6,8,12H,2-4,7H2,1H3,(H,17,19). The Labute approximate surface area is 131 Å². The minimum atomic E-state index is -0.406. The van der Waals surface area contributed by atoms with Crippen molar-refractivity contribution in [3.05, 3.63) is 33.3 Å². The molecule has 0 aliphatic carbocycles. The van der Waals surface area contributed by atoms with E-state index in [2.05, 4.69) is 21.2 Å². The predicted molar refractivity (Wildman–Crippen MR) is 81.9 cm³/mol. The maximum atomic E-state index is 12.6. The van der Waals surface area contributed by atoms with Crippen LogP contribution in [0.2, 0.25) is 5.02 Å². The monoisotopic (exact) mass is 358 g/mol. The van der Waals surface area contributed by atoms with E-state index in [1.54, 1.807) is 30.1 Å². The summed E-state index contributed by atoms with van der Waals surface area (Å²) in [6.07, 6.45) is 2.55. The molecule has 1 unspecified atom stereocenters. The number of likely N-dealkylation sites (tertiary alicyclic amines) is 1. The molecule has 1 aliphatic rings. The topological polar surface area (TPSA) is 49.4 Å². The summed E-state index contributed by atoms with van der Waals surface area (Å²) in [6, 6.07) is 4.75. The van der Waals surface area contributed by atoms with Crippen LogP contribution in [0.4, 0.5) is 0 Å². The highest BCUT2D eigenvalue weighted by molar-refractivity contribution is 9.10. The first-order valence-electron chi connectivity index (χ1n) is 6.52. The van der Waals surface area contributed by atoms with Crippen molar-refractivity contribution < 1.29 is 9.59 Å². The van der Waals surface area contributed by atoms with E-state index >= 15 is 0 Å². The molecule has 0 saturated carbocycles. The Morgan fingerprint density at radius 1 is 1.40 bits per heavy atom. The highest BCUT2D eigenvalue weighted by atomic mass is 79.9. The number of benzene rings is 1. The van der Waals surface area contributed by atoms with Crippen molar-refractivity contribution >= 4 is 39.3 Å². The van der Waals surface area contributed by atoms with Gasteiger partial charge in [0.15, 0.2) is 0 Å². The maximum Gasteiger partial charge on any atom is 0.256 e. The van der Waals surface area contributed by atoms with Gasteiger partial charge in [-0.05, 0) is 37.5 Å². The molecule has 2 amide bonds. The molecule has 1 atom stereocenters. The van der Waals surface area contributed by atoms with Crippen LogP contribution in [0.3, 0.4) is 0 Å². The summed E-state index contributed by atoms with van der Waals surface area (Å²) in [5, 5.41) is 3.02. The third-order valence-corrected chi connectivity index (χ3v) is 4.29. The van der Waals surface area contributed by atoms with E-state index in [0.717, 1.165) is 17.3 Å². The van der Waals surface area contributed by atoms with Crippen LogP contribution in [0.1, 0.15) is 29.6 Å². The molecule has 0 radical (unpaired) electrons. The van der Waals surface area contributed by atoms with Crippen molar-refractivity contribution in [3.63, 3.8) is 0 Å². The number of halogens is 2. The van der Waals surface area contributed by atoms with E-state index < -0.39 is 6.04 Å². The molecule has 1 saturated heterocycles. The number of nitrogens with one attached hydrogen (secondary N) is 1. The lowest BCUT2D eigenvalue weighted by molar-refractivity contribution is -0.126. The molecule has 0 aromatic heterocycles. The Morgan fingerprint density at radius 2 is 2.15 bits per heavy atom. The largest absolute Gasteiger partial charge is 0.357 e. The first-order chi connectivity index (χ1) is 9.54. The molecule has 1 aromatic rings. The van der Waals surface area contributed by atoms with Crippen LogP contribution in [-0.2, 0) is 4.79 Å². The van der Waals surface area contributed by atoms with Crippen LogP contribution in [0.5, 0.6) is 0 Å². The second-order valence-electron chi connectivity index (χ2n) is 4.75. The smallest absolute Gasteiger partial charge is 0.256 e. The van der Waals surface area contributed by atoms with E-state index in [0.29, 0.717) is 23.6 Å². The minimum absolute atomic E-state index is 0.121. The summed E-state index contributed by atoms with van der Waals surface area (Å²) >= 11 is 9.44. The van der Waals surface area contributed by atoms with Gasteiger partial charge in [-0.3, -0.25) is 9.59 Å². The lowest BCUT2D eigenvalue weighted by Crippen LogP contribution is -2.51.